The SMILES string of the molecule is COC(=O)C1CCN(CC#N)CC1c1cccc(F)c1. The molecular weight excluding hydrogens is 259 g/mol. The Morgan fingerprint density at radius 3 is 3.05 bits per heavy atom. The number of nitriles is 1. The number of likely N-dealkylation sites (tertiary alicyclic amines) is 1. The highest BCUT2D eigenvalue weighted by Crippen LogP contribution is 2.33. The summed E-state index contributed by atoms with van der Waals surface area (Å²) in [5, 5.41) is 8.80. The number of methoxy groups -OCH3 is 1. The minimum atomic E-state index is -0.316. The second kappa shape index (κ2) is 6.49. The first-order chi connectivity index (χ1) is 9.65. The van der Waals surface area contributed by atoms with Gasteiger partial charge in [0.25, 0.3) is 0 Å². The van der Waals surface area contributed by atoms with Crippen molar-refractivity contribution in [2.45, 2.75) is 12.3 Å². The predicted octanol–water partition coefficient (Wildman–Crippen LogP) is 1.93. The zero-order valence-electron chi connectivity index (χ0n) is 11.4. The molecule has 0 aliphatic carbocycles. The lowest BCUT2D eigenvalue weighted by Gasteiger charge is -2.36. The van der Waals surface area contributed by atoms with Gasteiger partial charge in [-0.05, 0) is 24.1 Å². The molecule has 0 amide bonds. The van der Waals surface area contributed by atoms with Gasteiger partial charge in [-0.1, -0.05) is 12.1 Å². The van der Waals surface area contributed by atoms with Gasteiger partial charge < -0.3 is 4.74 Å². The monoisotopic (exact) mass is 276 g/mol. The molecule has 0 N–H and O–H groups in total. The van der Waals surface area contributed by atoms with Gasteiger partial charge in [0, 0.05) is 19.0 Å². The Hall–Kier alpha value is -1.93. The van der Waals surface area contributed by atoms with E-state index in [9.17, 15) is 9.18 Å². The standard InChI is InChI=1S/C15H17FN2O2/c1-20-15(19)13-5-7-18(8-6-17)10-14(13)11-3-2-4-12(16)9-11/h2-4,9,13-14H,5,7-8,10H2,1H3. The van der Waals surface area contributed by atoms with E-state index in [2.05, 4.69) is 6.07 Å². The van der Waals surface area contributed by atoms with Gasteiger partial charge in [0.2, 0.25) is 0 Å². The summed E-state index contributed by atoms with van der Waals surface area (Å²) >= 11 is 0. The fourth-order valence-electron chi connectivity index (χ4n) is 2.77. The molecular formula is C15H17FN2O2. The van der Waals surface area contributed by atoms with Crippen LogP contribution in [0.4, 0.5) is 4.39 Å². The van der Waals surface area contributed by atoms with Crippen molar-refractivity contribution in [3.05, 3.63) is 35.6 Å². The Labute approximate surface area is 117 Å². The van der Waals surface area contributed by atoms with E-state index < -0.39 is 0 Å². The Balaban J connectivity index is 2.26. The minimum Gasteiger partial charge on any atom is -0.469 e. The number of benzene rings is 1. The number of hydrogen-bond acceptors (Lipinski definition) is 4. The van der Waals surface area contributed by atoms with Crippen LogP contribution in [0.25, 0.3) is 0 Å². The van der Waals surface area contributed by atoms with Crippen LogP contribution >= 0.6 is 0 Å². The number of carbonyl (C=O) groups is 1. The average Bonchev–Trinajstić information content (AvgIpc) is 2.47. The fraction of sp³-hybridized carbons (Fsp3) is 0.467. The summed E-state index contributed by atoms with van der Waals surface area (Å²) in [5.74, 6) is -1.00. The number of halogens is 1. The molecule has 2 rings (SSSR count). The molecule has 0 bridgehead atoms. The smallest absolute Gasteiger partial charge is 0.309 e. The molecule has 0 radical (unpaired) electrons. The summed E-state index contributed by atoms with van der Waals surface area (Å²) < 4.78 is 18.2. The van der Waals surface area contributed by atoms with Crippen LogP contribution in [0.2, 0.25) is 0 Å². The third-order valence-electron chi connectivity index (χ3n) is 3.77. The number of carbonyl (C=O) groups excluding carboxylic acids is 1. The van der Waals surface area contributed by atoms with E-state index in [1.807, 2.05) is 11.0 Å². The van der Waals surface area contributed by atoms with Crippen LogP contribution in [0, 0.1) is 23.1 Å². The summed E-state index contributed by atoms with van der Waals surface area (Å²) in [5.41, 5.74) is 0.781. The Morgan fingerprint density at radius 2 is 2.40 bits per heavy atom. The van der Waals surface area contributed by atoms with E-state index in [1.165, 1.54) is 19.2 Å². The van der Waals surface area contributed by atoms with E-state index in [0.717, 1.165) is 5.56 Å². The zero-order chi connectivity index (χ0) is 14.5. The summed E-state index contributed by atoms with van der Waals surface area (Å²) in [4.78, 5) is 13.9. The van der Waals surface area contributed by atoms with Crippen molar-refractivity contribution < 1.29 is 13.9 Å². The molecule has 1 aliphatic heterocycles. The van der Waals surface area contributed by atoms with E-state index in [4.69, 9.17) is 10.00 Å². The second-order valence-corrected chi connectivity index (χ2v) is 4.97. The highest BCUT2D eigenvalue weighted by molar-refractivity contribution is 5.73. The molecule has 1 aromatic rings. The number of piperidine rings is 1. The molecule has 4 nitrogen and oxygen atoms in total. The van der Waals surface area contributed by atoms with Gasteiger partial charge in [-0.25, -0.2) is 4.39 Å². The molecule has 20 heavy (non-hydrogen) atoms. The second-order valence-electron chi connectivity index (χ2n) is 4.97. The van der Waals surface area contributed by atoms with Crippen molar-refractivity contribution in [1.29, 1.82) is 5.26 Å². The molecule has 1 heterocycles. The van der Waals surface area contributed by atoms with Gasteiger partial charge in [0.1, 0.15) is 5.82 Å². The molecule has 2 atom stereocenters. The molecule has 0 aromatic heterocycles. The van der Waals surface area contributed by atoms with Crippen LogP contribution in [-0.2, 0) is 9.53 Å². The van der Waals surface area contributed by atoms with Crippen molar-refractivity contribution in [3.63, 3.8) is 0 Å². The number of esters is 1. The molecule has 0 spiro atoms. The summed E-state index contributed by atoms with van der Waals surface area (Å²) in [6, 6.07) is 8.41. The largest absolute Gasteiger partial charge is 0.469 e. The average molecular weight is 276 g/mol. The van der Waals surface area contributed by atoms with E-state index in [-0.39, 0.29) is 23.6 Å². The van der Waals surface area contributed by atoms with Crippen LogP contribution in [-0.4, -0.2) is 37.6 Å². The zero-order valence-corrected chi connectivity index (χ0v) is 11.4. The first-order valence-corrected chi connectivity index (χ1v) is 6.58. The van der Waals surface area contributed by atoms with E-state index >= 15 is 0 Å². The first kappa shape index (κ1) is 14.5. The van der Waals surface area contributed by atoms with Crippen molar-refractivity contribution in [2.75, 3.05) is 26.7 Å². The van der Waals surface area contributed by atoms with Crippen molar-refractivity contribution >= 4 is 5.97 Å². The van der Waals surface area contributed by atoms with Crippen molar-refractivity contribution in [1.82, 2.24) is 4.90 Å². The first-order valence-electron chi connectivity index (χ1n) is 6.58. The Morgan fingerprint density at radius 1 is 1.60 bits per heavy atom. The topological polar surface area (TPSA) is 53.3 Å². The van der Waals surface area contributed by atoms with Crippen LogP contribution in [0.15, 0.2) is 24.3 Å². The minimum absolute atomic E-state index is 0.139. The third-order valence-corrected chi connectivity index (χ3v) is 3.77. The molecule has 106 valence electrons. The summed E-state index contributed by atoms with van der Waals surface area (Å²) in [6.07, 6.45) is 0.621. The van der Waals surface area contributed by atoms with Crippen LogP contribution in [0.3, 0.4) is 0 Å². The normalized spacial score (nSPS) is 23.1. The van der Waals surface area contributed by atoms with Gasteiger partial charge in [0.15, 0.2) is 0 Å². The third kappa shape index (κ3) is 3.14. The van der Waals surface area contributed by atoms with E-state index in [1.54, 1.807) is 6.07 Å². The molecule has 5 heteroatoms. The van der Waals surface area contributed by atoms with Crippen molar-refractivity contribution in [3.8, 4) is 6.07 Å². The number of rotatable bonds is 3. The van der Waals surface area contributed by atoms with Gasteiger partial charge in [0.05, 0.1) is 25.6 Å². The molecule has 1 saturated heterocycles. The summed E-state index contributed by atoms with van der Waals surface area (Å²) in [7, 11) is 1.37. The lowest BCUT2D eigenvalue weighted by Crippen LogP contribution is -2.42. The molecule has 0 saturated carbocycles. The van der Waals surface area contributed by atoms with Crippen LogP contribution in [0.5, 0.6) is 0 Å². The lowest BCUT2D eigenvalue weighted by molar-refractivity contribution is -0.147. The van der Waals surface area contributed by atoms with Crippen LogP contribution in [0.1, 0.15) is 17.9 Å². The number of ether oxygens (including phenoxy) is 1. The van der Waals surface area contributed by atoms with Crippen molar-refractivity contribution in [2.24, 2.45) is 5.92 Å². The van der Waals surface area contributed by atoms with Gasteiger partial charge >= 0.3 is 5.97 Å². The molecule has 1 aromatic carbocycles. The molecule has 2 unspecified atom stereocenters. The van der Waals surface area contributed by atoms with E-state index in [0.29, 0.717) is 26.1 Å². The maximum absolute atomic E-state index is 13.4. The molecule has 1 fully saturated rings. The van der Waals surface area contributed by atoms with Crippen LogP contribution < -0.4 is 0 Å². The highest BCUT2D eigenvalue weighted by Gasteiger charge is 2.35. The number of nitrogens with zero attached hydrogens (tertiary/aromatic N) is 2. The lowest BCUT2D eigenvalue weighted by atomic mass is 9.80. The highest BCUT2D eigenvalue weighted by atomic mass is 19.1. The maximum atomic E-state index is 13.4. The fourth-order valence-corrected chi connectivity index (χ4v) is 2.77. The Kier molecular flexibility index (Phi) is 4.70. The van der Waals surface area contributed by atoms with Gasteiger partial charge in [-0.3, -0.25) is 9.69 Å². The summed E-state index contributed by atoms with van der Waals surface area (Å²) in [6.45, 7) is 1.57. The molecule has 1 aliphatic rings. The predicted molar refractivity (Wildman–Crippen MR) is 71.3 cm³/mol. The number of hydrogen-bond donors (Lipinski definition) is 0. The van der Waals surface area contributed by atoms with Gasteiger partial charge in [-0.15, -0.1) is 0 Å². The Bertz CT molecular complexity index is 527. The maximum Gasteiger partial charge on any atom is 0.309 e. The quantitative estimate of drug-likeness (QED) is 0.625. The van der Waals surface area contributed by atoms with Gasteiger partial charge in [-0.2, -0.15) is 5.26 Å².